The van der Waals surface area contributed by atoms with Gasteiger partial charge in [-0.3, -0.25) is 4.79 Å². The number of hydrogen-bond acceptors (Lipinski definition) is 4. The van der Waals surface area contributed by atoms with E-state index in [1.54, 1.807) is 31.4 Å². The Morgan fingerprint density at radius 3 is 2.42 bits per heavy atom. The molecule has 5 heteroatoms. The number of benzene rings is 3. The molecule has 0 bridgehead atoms. The Hall–Kier alpha value is -3.05. The first kappa shape index (κ1) is 17.8. The predicted molar refractivity (Wildman–Crippen MR) is 101 cm³/mol. The van der Waals surface area contributed by atoms with Gasteiger partial charge in [0.25, 0.3) is 5.91 Å². The molecule has 1 atom stereocenters. The third-order valence-electron chi connectivity index (χ3n) is 4.26. The zero-order chi connectivity index (χ0) is 18.5. The summed E-state index contributed by atoms with van der Waals surface area (Å²) in [7, 11) is 3.09. The van der Waals surface area contributed by atoms with Gasteiger partial charge in [0.15, 0.2) is 11.5 Å². The number of aliphatic hydroxyl groups excluding tert-OH is 1. The SMILES string of the molecule is COc1ccc(C(O)CNC(=O)c2ccc3ccccc3c2)cc1OC. The lowest BCUT2D eigenvalue weighted by molar-refractivity contribution is 0.0916. The number of carbonyl (C=O) groups excluding carboxylic acids is 1. The molecule has 0 radical (unpaired) electrons. The summed E-state index contributed by atoms with van der Waals surface area (Å²) in [5.74, 6) is 0.892. The maximum atomic E-state index is 12.4. The van der Waals surface area contributed by atoms with Crippen LogP contribution in [-0.4, -0.2) is 31.8 Å². The van der Waals surface area contributed by atoms with E-state index in [4.69, 9.17) is 9.47 Å². The molecule has 0 saturated heterocycles. The van der Waals surface area contributed by atoms with Crippen molar-refractivity contribution in [3.8, 4) is 11.5 Å². The minimum atomic E-state index is -0.848. The highest BCUT2D eigenvalue weighted by atomic mass is 16.5. The third kappa shape index (κ3) is 3.78. The van der Waals surface area contributed by atoms with Crippen LogP contribution in [0.2, 0.25) is 0 Å². The number of hydrogen-bond donors (Lipinski definition) is 2. The number of methoxy groups -OCH3 is 2. The second-order valence-corrected chi connectivity index (χ2v) is 5.90. The molecule has 0 aliphatic carbocycles. The summed E-state index contributed by atoms with van der Waals surface area (Å²) in [5, 5.41) is 15.2. The van der Waals surface area contributed by atoms with Gasteiger partial charge in [-0.2, -0.15) is 0 Å². The van der Waals surface area contributed by atoms with Gasteiger partial charge >= 0.3 is 0 Å². The highest BCUT2D eigenvalue weighted by Gasteiger charge is 2.14. The monoisotopic (exact) mass is 351 g/mol. The Balaban J connectivity index is 1.68. The molecule has 1 amide bonds. The maximum Gasteiger partial charge on any atom is 0.251 e. The quantitative estimate of drug-likeness (QED) is 0.715. The minimum absolute atomic E-state index is 0.0984. The summed E-state index contributed by atoms with van der Waals surface area (Å²) in [5.41, 5.74) is 1.20. The smallest absolute Gasteiger partial charge is 0.251 e. The van der Waals surface area contributed by atoms with Gasteiger partial charge in [-0.15, -0.1) is 0 Å². The van der Waals surface area contributed by atoms with Crippen molar-refractivity contribution < 1.29 is 19.4 Å². The van der Waals surface area contributed by atoms with Gasteiger partial charge in [-0.25, -0.2) is 0 Å². The van der Waals surface area contributed by atoms with Crippen molar-refractivity contribution in [2.45, 2.75) is 6.10 Å². The second kappa shape index (κ2) is 7.89. The fourth-order valence-corrected chi connectivity index (χ4v) is 2.80. The van der Waals surface area contributed by atoms with Gasteiger partial charge in [0, 0.05) is 12.1 Å². The van der Waals surface area contributed by atoms with Crippen molar-refractivity contribution in [2.24, 2.45) is 0 Å². The van der Waals surface area contributed by atoms with Crippen LogP contribution in [0.1, 0.15) is 22.0 Å². The van der Waals surface area contributed by atoms with E-state index in [0.717, 1.165) is 10.8 Å². The lowest BCUT2D eigenvalue weighted by atomic mass is 10.1. The Bertz CT molecular complexity index is 923. The Morgan fingerprint density at radius 1 is 0.962 bits per heavy atom. The molecule has 26 heavy (non-hydrogen) atoms. The molecule has 2 N–H and O–H groups in total. The van der Waals surface area contributed by atoms with E-state index in [1.807, 2.05) is 36.4 Å². The third-order valence-corrected chi connectivity index (χ3v) is 4.26. The molecule has 3 aromatic rings. The van der Waals surface area contributed by atoms with Crippen molar-refractivity contribution in [3.05, 3.63) is 71.8 Å². The number of ether oxygens (including phenoxy) is 2. The van der Waals surface area contributed by atoms with Crippen LogP contribution in [0.4, 0.5) is 0 Å². The summed E-state index contributed by atoms with van der Waals surface area (Å²) >= 11 is 0. The zero-order valence-corrected chi connectivity index (χ0v) is 14.7. The molecular formula is C21H21NO4. The lowest BCUT2D eigenvalue weighted by Gasteiger charge is -2.15. The van der Waals surface area contributed by atoms with Gasteiger partial charge in [0.1, 0.15) is 0 Å². The van der Waals surface area contributed by atoms with E-state index in [1.165, 1.54) is 7.11 Å². The molecule has 0 fully saturated rings. The Morgan fingerprint density at radius 2 is 1.69 bits per heavy atom. The van der Waals surface area contributed by atoms with Crippen molar-refractivity contribution in [1.29, 1.82) is 0 Å². The summed E-state index contributed by atoms with van der Waals surface area (Å²) < 4.78 is 10.4. The van der Waals surface area contributed by atoms with Crippen LogP contribution < -0.4 is 14.8 Å². The summed E-state index contributed by atoms with van der Waals surface area (Å²) in [4.78, 5) is 12.4. The van der Waals surface area contributed by atoms with E-state index < -0.39 is 6.10 Å². The van der Waals surface area contributed by atoms with E-state index >= 15 is 0 Å². The van der Waals surface area contributed by atoms with Crippen molar-refractivity contribution >= 4 is 16.7 Å². The second-order valence-electron chi connectivity index (χ2n) is 5.90. The van der Waals surface area contributed by atoms with E-state index in [9.17, 15) is 9.90 Å². The summed E-state index contributed by atoms with van der Waals surface area (Å²) in [6.45, 7) is 0.0984. The normalized spacial score (nSPS) is 11.8. The molecule has 0 spiro atoms. The molecule has 1 unspecified atom stereocenters. The van der Waals surface area contributed by atoms with E-state index in [2.05, 4.69) is 5.32 Å². The topological polar surface area (TPSA) is 67.8 Å². The molecule has 5 nitrogen and oxygen atoms in total. The maximum absolute atomic E-state index is 12.4. The van der Waals surface area contributed by atoms with Gasteiger partial charge < -0.3 is 19.9 Å². The average molecular weight is 351 g/mol. The number of nitrogens with one attached hydrogen (secondary N) is 1. The van der Waals surface area contributed by atoms with Crippen LogP contribution in [0.25, 0.3) is 10.8 Å². The van der Waals surface area contributed by atoms with Crippen LogP contribution in [0.5, 0.6) is 11.5 Å². The first-order valence-corrected chi connectivity index (χ1v) is 8.29. The first-order chi connectivity index (χ1) is 12.6. The number of fused-ring (bicyclic) bond motifs is 1. The molecular weight excluding hydrogens is 330 g/mol. The molecule has 3 rings (SSSR count). The Kier molecular flexibility index (Phi) is 5.39. The van der Waals surface area contributed by atoms with Gasteiger partial charge in [-0.1, -0.05) is 36.4 Å². The van der Waals surface area contributed by atoms with Crippen molar-refractivity contribution in [3.63, 3.8) is 0 Å². The molecule has 0 aliphatic heterocycles. The molecule has 0 aromatic heterocycles. The van der Waals surface area contributed by atoms with Crippen LogP contribution in [0.3, 0.4) is 0 Å². The summed E-state index contributed by atoms with van der Waals surface area (Å²) in [6.07, 6.45) is -0.848. The zero-order valence-electron chi connectivity index (χ0n) is 14.7. The predicted octanol–water partition coefficient (Wildman–Crippen LogP) is 3.32. The fraction of sp³-hybridized carbons (Fsp3) is 0.190. The molecule has 0 heterocycles. The fourth-order valence-electron chi connectivity index (χ4n) is 2.80. The van der Waals surface area contributed by atoms with Crippen LogP contribution in [-0.2, 0) is 0 Å². The van der Waals surface area contributed by atoms with Crippen LogP contribution in [0, 0.1) is 0 Å². The Labute approximate surface area is 152 Å². The molecule has 0 saturated carbocycles. The van der Waals surface area contributed by atoms with Crippen LogP contribution >= 0.6 is 0 Å². The largest absolute Gasteiger partial charge is 0.493 e. The highest BCUT2D eigenvalue weighted by Crippen LogP contribution is 2.29. The molecule has 0 aliphatic rings. The highest BCUT2D eigenvalue weighted by molar-refractivity contribution is 5.98. The first-order valence-electron chi connectivity index (χ1n) is 8.29. The average Bonchev–Trinajstić information content (AvgIpc) is 2.70. The van der Waals surface area contributed by atoms with Gasteiger partial charge in [0.05, 0.1) is 20.3 Å². The number of carbonyl (C=O) groups is 1. The lowest BCUT2D eigenvalue weighted by Crippen LogP contribution is -2.28. The summed E-state index contributed by atoms with van der Waals surface area (Å²) in [6, 6.07) is 18.6. The van der Waals surface area contributed by atoms with Crippen LogP contribution in [0.15, 0.2) is 60.7 Å². The minimum Gasteiger partial charge on any atom is -0.493 e. The standard InChI is InChI=1S/C21H21NO4/c1-25-19-10-9-16(12-20(19)26-2)18(23)13-22-21(24)17-8-7-14-5-3-4-6-15(14)11-17/h3-12,18,23H,13H2,1-2H3,(H,22,24). The molecule has 134 valence electrons. The molecule has 3 aromatic carbocycles. The van der Waals surface area contributed by atoms with Gasteiger partial charge in [0.2, 0.25) is 0 Å². The van der Waals surface area contributed by atoms with Crippen molar-refractivity contribution in [1.82, 2.24) is 5.32 Å². The number of rotatable bonds is 6. The van der Waals surface area contributed by atoms with E-state index in [-0.39, 0.29) is 12.5 Å². The van der Waals surface area contributed by atoms with Gasteiger partial charge in [-0.05, 0) is 40.6 Å². The number of aliphatic hydroxyl groups is 1. The van der Waals surface area contributed by atoms with E-state index in [0.29, 0.717) is 22.6 Å². The van der Waals surface area contributed by atoms with Crippen molar-refractivity contribution in [2.75, 3.05) is 20.8 Å². The number of amides is 1.